The summed E-state index contributed by atoms with van der Waals surface area (Å²) in [5.41, 5.74) is 2.51. The first-order valence-corrected chi connectivity index (χ1v) is 5.17. The van der Waals surface area contributed by atoms with Crippen LogP contribution in [0.5, 0.6) is 0 Å². The average Bonchev–Trinajstić information content (AvgIpc) is 2.66. The van der Waals surface area contributed by atoms with Crippen molar-refractivity contribution in [1.29, 1.82) is 0 Å². The van der Waals surface area contributed by atoms with Crippen molar-refractivity contribution in [3.63, 3.8) is 0 Å². The minimum atomic E-state index is 0.710. The number of aryl methyl sites for hydroxylation is 1. The Morgan fingerprint density at radius 1 is 1.21 bits per heavy atom. The molecule has 0 aliphatic carbocycles. The molecule has 0 atom stereocenters. The van der Waals surface area contributed by atoms with E-state index in [9.17, 15) is 0 Å². The number of nitrogens with one attached hydrogen (secondary N) is 1. The van der Waals surface area contributed by atoms with Crippen LogP contribution in [0, 0.1) is 0 Å². The fraction of sp³-hybridized carbons (Fsp3) is 0.333. The largest absolute Gasteiger partial charge is 0.361 e. The molecule has 0 spiro atoms. The van der Waals surface area contributed by atoms with Gasteiger partial charge in [-0.2, -0.15) is 0 Å². The van der Waals surface area contributed by atoms with Crippen LogP contribution < -0.4 is 0 Å². The highest BCUT2D eigenvalue weighted by atomic mass is 14.7. The molecule has 0 unspecified atom stereocenters. The van der Waals surface area contributed by atoms with Crippen molar-refractivity contribution in [3.05, 3.63) is 36.0 Å². The summed E-state index contributed by atoms with van der Waals surface area (Å²) < 4.78 is 0. The summed E-state index contributed by atoms with van der Waals surface area (Å²) >= 11 is 0. The van der Waals surface area contributed by atoms with Crippen molar-refractivity contribution >= 4 is 18.7 Å². The van der Waals surface area contributed by atoms with Crippen LogP contribution >= 0.6 is 0 Å². The van der Waals surface area contributed by atoms with Crippen LogP contribution in [-0.4, -0.2) is 12.8 Å². The molecule has 1 aromatic heterocycles. The number of hydrogen-bond donors (Lipinski definition) is 1. The van der Waals surface area contributed by atoms with E-state index >= 15 is 0 Å². The molecule has 2 aromatic rings. The highest BCUT2D eigenvalue weighted by Crippen LogP contribution is 2.18. The van der Waals surface area contributed by atoms with Gasteiger partial charge < -0.3 is 4.98 Å². The number of aromatic nitrogens is 1. The fourth-order valence-corrected chi connectivity index (χ4v) is 1.49. The molecule has 0 saturated heterocycles. The maximum Gasteiger partial charge on any atom is 0.0657 e. The van der Waals surface area contributed by atoms with Crippen LogP contribution in [0.25, 0.3) is 10.9 Å². The van der Waals surface area contributed by atoms with Crippen molar-refractivity contribution in [3.8, 4) is 0 Å². The minimum Gasteiger partial charge on any atom is -0.361 e. The van der Waals surface area contributed by atoms with Crippen LogP contribution in [0.1, 0.15) is 19.4 Å². The van der Waals surface area contributed by atoms with Gasteiger partial charge in [0.05, 0.1) is 7.85 Å². The van der Waals surface area contributed by atoms with Crippen molar-refractivity contribution in [2.75, 3.05) is 0 Å². The lowest BCUT2D eigenvalue weighted by molar-refractivity contribution is 1.15. The van der Waals surface area contributed by atoms with E-state index in [-0.39, 0.29) is 0 Å². The molecule has 2 radical (unpaired) electrons. The van der Waals surface area contributed by atoms with E-state index in [0.717, 1.165) is 6.42 Å². The van der Waals surface area contributed by atoms with Crippen molar-refractivity contribution in [2.24, 2.45) is 0 Å². The molecule has 14 heavy (non-hydrogen) atoms. The third-order valence-electron chi connectivity index (χ3n) is 2.09. The molecule has 1 nitrogen and oxygen atoms in total. The van der Waals surface area contributed by atoms with E-state index in [1.807, 2.05) is 26.1 Å². The molecule has 1 aromatic carbocycles. The molecule has 0 fully saturated rings. The number of fused-ring (bicyclic) bond motifs is 1. The lowest BCUT2D eigenvalue weighted by Crippen LogP contribution is -1.79. The molecular formula is C12H16BN. The molecule has 0 bridgehead atoms. The maximum absolute atomic E-state index is 5.50. The Labute approximate surface area is 86.9 Å². The van der Waals surface area contributed by atoms with Gasteiger partial charge in [0.15, 0.2) is 0 Å². The first-order valence-electron chi connectivity index (χ1n) is 5.17. The van der Waals surface area contributed by atoms with Gasteiger partial charge in [-0.3, -0.25) is 0 Å². The van der Waals surface area contributed by atoms with E-state index < -0.39 is 0 Å². The Bertz CT molecular complexity index is 378. The van der Waals surface area contributed by atoms with Gasteiger partial charge in [-0.05, 0) is 18.1 Å². The summed E-state index contributed by atoms with van der Waals surface area (Å²) in [6.45, 7) is 4.00. The van der Waals surface area contributed by atoms with Gasteiger partial charge in [0, 0.05) is 17.1 Å². The minimum absolute atomic E-state index is 0.710. The Morgan fingerprint density at radius 3 is 2.64 bits per heavy atom. The Morgan fingerprint density at radius 2 is 1.93 bits per heavy atom. The summed E-state index contributed by atoms with van der Waals surface area (Å²) in [6.07, 6.45) is 3.70. The van der Waals surface area contributed by atoms with Crippen LogP contribution in [0.2, 0.25) is 6.32 Å². The molecule has 0 aliphatic heterocycles. The standard InChI is InChI=1S/C10H10BN.C2H6/c11-6-5-8-7-12-10-4-2-1-3-9(8)10;1-2/h1-4,7,12H,5-6H2;1-2H3. The number of para-hydroxylation sites is 1. The van der Waals surface area contributed by atoms with Crippen molar-refractivity contribution in [1.82, 2.24) is 4.98 Å². The van der Waals surface area contributed by atoms with Gasteiger partial charge in [0.25, 0.3) is 0 Å². The van der Waals surface area contributed by atoms with E-state index in [1.165, 1.54) is 16.5 Å². The van der Waals surface area contributed by atoms with Gasteiger partial charge in [-0.15, -0.1) is 0 Å². The maximum atomic E-state index is 5.50. The predicted molar refractivity (Wildman–Crippen MR) is 63.9 cm³/mol. The van der Waals surface area contributed by atoms with Crippen molar-refractivity contribution < 1.29 is 0 Å². The van der Waals surface area contributed by atoms with E-state index in [0.29, 0.717) is 6.32 Å². The number of benzene rings is 1. The highest BCUT2D eigenvalue weighted by molar-refractivity contribution is 6.08. The molecule has 1 N–H and O–H groups in total. The lowest BCUT2D eigenvalue weighted by Gasteiger charge is -1.93. The van der Waals surface area contributed by atoms with Crippen molar-refractivity contribution in [2.45, 2.75) is 26.6 Å². The third-order valence-corrected chi connectivity index (χ3v) is 2.09. The highest BCUT2D eigenvalue weighted by Gasteiger charge is 1.99. The Kier molecular flexibility index (Phi) is 4.31. The van der Waals surface area contributed by atoms with Gasteiger partial charge in [-0.1, -0.05) is 38.4 Å². The lowest BCUT2D eigenvalue weighted by atomic mass is 9.97. The fourth-order valence-electron chi connectivity index (χ4n) is 1.49. The zero-order valence-corrected chi connectivity index (χ0v) is 8.88. The summed E-state index contributed by atoms with van der Waals surface area (Å²) in [6, 6.07) is 8.29. The second-order valence-electron chi connectivity index (χ2n) is 2.90. The first kappa shape index (κ1) is 10.9. The average molecular weight is 185 g/mol. The summed E-state index contributed by atoms with van der Waals surface area (Å²) in [4.78, 5) is 3.22. The molecule has 0 aliphatic rings. The Hall–Kier alpha value is -1.18. The molecule has 72 valence electrons. The number of H-pyrrole nitrogens is 1. The second kappa shape index (κ2) is 5.53. The molecule has 0 amide bonds. The molecule has 2 rings (SSSR count). The summed E-state index contributed by atoms with van der Waals surface area (Å²) in [5, 5.41) is 1.29. The van der Waals surface area contributed by atoms with Crippen LogP contribution in [0.3, 0.4) is 0 Å². The third kappa shape index (κ3) is 2.19. The SMILES string of the molecule is CC.[B]CCc1c[nH]c2ccccc12. The van der Waals surface area contributed by atoms with Gasteiger partial charge in [0.2, 0.25) is 0 Å². The number of rotatable bonds is 2. The quantitative estimate of drug-likeness (QED) is 0.690. The monoisotopic (exact) mass is 185 g/mol. The summed E-state index contributed by atoms with van der Waals surface area (Å²) in [7, 11) is 5.50. The molecule has 0 saturated carbocycles. The van der Waals surface area contributed by atoms with Crippen LogP contribution in [0.15, 0.2) is 30.5 Å². The van der Waals surface area contributed by atoms with E-state index in [2.05, 4.69) is 23.2 Å². The predicted octanol–water partition coefficient (Wildman–Crippen LogP) is 3.32. The van der Waals surface area contributed by atoms with Gasteiger partial charge in [0.1, 0.15) is 0 Å². The van der Waals surface area contributed by atoms with E-state index in [1.54, 1.807) is 0 Å². The number of aromatic amines is 1. The molecular weight excluding hydrogens is 169 g/mol. The summed E-state index contributed by atoms with van der Waals surface area (Å²) in [5.74, 6) is 0. The van der Waals surface area contributed by atoms with Gasteiger partial charge >= 0.3 is 0 Å². The molecule has 2 heteroatoms. The molecule has 1 heterocycles. The first-order chi connectivity index (χ1) is 6.92. The van der Waals surface area contributed by atoms with Crippen LogP contribution in [0.4, 0.5) is 0 Å². The van der Waals surface area contributed by atoms with Gasteiger partial charge in [-0.25, -0.2) is 0 Å². The van der Waals surface area contributed by atoms with E-state index in [4.69, 9.17) is 7.85 Å². The smallest absolute Gasteiger partial charge is 0.0657 e. The topological polar surface area (TPSA) is 15.8 Å². The Balaban J connectivity index is 0.000000461. The zero-order valence-electron chi connectivity index (χ0n) is 8.88. The van der Waals surface area contributed by atoms with Crippen LogP contribution in [-0.2, 0) is 6.42 Å². The zero-order chi connectivity index (χ0) is 10.4. The number of hydrogen-bond acceptors (Lipinski definition) is 0. The normalized spacial score (nSPS) is 9.57. The second-order valence-corrected chi connectivity index (χ2v) is 2.90.